The molecule has 0 saturated carbocycles. The standard InChI is InChI=1S/C12H18ClFN2/c1-15-6-3-7-16(2)9-10-8-11(13)4-5-12(10)14/h4-5,8,15H,3,6-7,9H2,1-2H3. The maximum absolute atomic E-state index is 13.4. The highest BCUT2D eigenvalue weighted by Gasteiger charge is 2.06. The molecule has 1 aromatic rings. The van der Waals surface area contributed by atoms with Crippen LogP contribution in [0.2, 0.25) is 5.02 Å². The summed E-state index contributed by atoms with van der Waals surface area (Å²) in [6, 6.07) is 4.67. The molecule has 0 aliphatic heterocycles. The maximum atomic E-state index is 13.4. The van der Waals surface area contributed by atoms with Gasteiger partial charge >= 0.3 is 0 Å². The average Bonchev–Trinajstić information content (AvgIpc) is 2.24. The lowest BCUT2D eigenvalue weighted by atomic mass is 10.2. The number of hydrogen-bond acceptors (Lipinski definition) is 2. The third-order valence-corrected chi connectivity index (χ3v) is 2.65. The molecule has 0 aliphatic rings. The highest BCUT2D eigenvalue weighted by molar-refractivity contribution is 6.30. The Bertz CT molecular complexity index is 331. The largest absolute Gasteiger partial charge is 0.320 e. The zero-order valence-electron chi connectivity index (χ0n) is 9.76. The van der Waals surface area contributed by atoms with Gasteiger partial charge in [0.15, 0.2) is 0 Å². The quantitative estimate of drug-likeness (QED) is 0.774. The molecule has 0 aliphatic carbocycles. The van der Waals surface area contributed by atoms with E-state index in [1.165, 1.54) is 6.07 Å². The van der Waals surface area contributed by atoms with Crippen LogP contribution in [0.4, 0.5) is 4.39 Å². The Morgan fingerprint density at radius 1 is 1.44 bits per heavy atom. The molecule has 0 aromatic heterocycles. The van der Waals surface area contributed by atoms with E-state index in [1.54, 1.807) is 12.1 Å². The molecule has 16 heavy (non-hydrogen) atoms. The van der Waals surface area contributed by atoms with E-state index in [4.69, 9.17) is 11.6 Å². The zero-order valence-corrected chi connectivity index (χ0v) is 10.5. The number of rotatable bonds is 6. The molecule has 0 atom stereocenters. The SMILES string of the molecule is CNCCCN(C)Cc1cc(Cl)ccc1F. The normalized spacial score (nSPS) is 11.1. The molecule has 0 saturated heterocycles. The van der Waals surface area contributed by atoms with Crippen LogP contribution in [-0.2, 0) is 6.54 Å². The summed E-state index contributed by atoms with van der Waals surface area (Å²) in [7, 11) is 3.91. The lowest BCUT2D eigenvalue weighted by molar-refractivity contribution is 0.316. The molecule has 1 rings (SSSR count). The van der Waals surface area contributed by atoms with Crippen LogP contribution >= 0.6 is 11.6 Å². The van der Waals surface area contributed by atoms with E-state index >= 15 is 0 Å². The number of benzene rings is 1. The van der Waals surface area contributed by atoms with Crippen LogP contribution in [0.3, 0.4) is 0 Å². The van der Waals surface area contributed by atoms with E-state index in [0.717, 1.165) is 19.5 Å². The second-order valence-corrected chi connectivity index (χ2v) is 4.37. The second kappa shape index (κ2) is 6.84. The lowest BCUT2D eigenvalue weighted by Gasteiger charge is -2.17. The van der Waals surface area contributed by atoms with Crippen molar-refractivity contribution in [2.24, 2.45) is 0 Å². The molecule has 1 aromatic carbocycles. The van der Waals surface area contributed by atoms with E-state index in [-0.39, 0.29) is 5.82 Å². The van der Waals surface area contributed by atoms with Gasteiger partial charge in [0.25, 0.3) is 0 Å². The lowest BCUT2D eigenvalue weighted by Crippen LogP contribution is -2.22. The summed E-state index contributed by atoms with van der Waals surface area (Å²) in [4.78, 5) is 2.09. The Balaban J connectivity index is 2.48. The fourth-order valence-corrected chi connectivity index (χ4v) is 1.75. The topological polar surface area (TPSA) is 15.3 Å². The first-order valence-electron chi connectivity index (χ1n) is 5.40. The molecule has 0 unspecified atom stereocenters. The number of hydrogen-bond donors (Lipinski definition) is 1. The molecule has 0 bridgehead atoms. The molecule has 0 spiro atoms. The summed E-state index contributed by atoms with van der Waals surface area (Å²) >= 11 is 5.83. The summed E-state index contributed by atoms with van der Waals surface area (Å²) in [5.74, 6) is -0.190. The highest BCUT2D eigenvalue weighted by Crippen LogP contribution is 2.16. The summed E-state index contributed by atoms with van der Waals surface area (Å²) in [6.45, 7) is 2.51. The van der Waals surface area contributed by atoms with Gasteiger partial charge in [-0.05, 0) is 51.8 Å². The molecule has 2 nitrogen and oxygen atoms in total. The first-order chi connectivity index (χ1) is 7.63. The van der Waals surface area contributed by atoms with Crippen molar-refractivity contribution in [3.05, 3.63) is 34.6 Å². The van der Waals surface area contributed by atoms with Crippen LogP contribution in [0.1, 0.15) is 12.0 Å². The third kappa shape index (κ3) is 4.47. The Labute approximate surface area is 101 Å². The van der Waals surface area contributed by atoms with Gasteiger partial charge in [0.05, 0.1) is 0 Å². The number of nitrogens with zero attached hydrogens (tertiary/aromatic N) is 1. The van der Waals surface area contributed by atoms with E-state index in [1.807, 2.05) is 14.1 Å². The van der Waals surface area contributed by atoms with Crippen LogP contribution in [0.25, 0.3) is 0 Å². The van der Waals surface area contributed by atoms with Crippen LogP contribution in [0.15, 0.2) is 18.2 Å². The Morgan fingerprint density at radius 2 is 2.19 bits per heavy atom. The second-order valence-electron chi connectivity index (χ2n) is 3.93. The number of halogens is 2. The third-order valence-electron chi connectivity index (χ3n) is 2.41. The smallest absolute Gasteiger partial charge is 0.127 e. The summed E-state index contributed by atoms with van der Waals surface area (Å²) in [5.41, 5.74) is 0.652. The molecule has 1 N–H and O–H groups in total. The van der Waals surface area contributed by atoms with Gasteiger partial charge in [-0.2, -0.15) is 0 Å². The van der Waals surface area contributed by atoms with E-state index < -0.39 is 0 Å². The van der Waals surface area contributed by atoms with Crippen molar-refractivity contribution in [2.75, 3.05) is 27.2 Å². The van der Waals surface area contributed by atoms with Gasteiger partial charge in [0, 0.05) is 17.1 Å². The molecule has 0 heterocycles. The van der Waals surface area contributed by atoms with Gasteiger partial charge in [-0.15, -0.1) is 0 Å². The fraction of sp³-hybridized carbons (Fsp3) is 0.500. The van der Waals surface area contributed by atoms with Gasteiger partial charge in [0.2, 0.25) is 0 Å². The molecule has 0 fully saturated rings. The predicted molar refractivity (Wildman–Crippen MR) is 66.3 cm³/mol. The Kier molecular flexibility index (Phi) is 5.74. The van der Waals surface area contributed by atoms with Crippen molar-refractivity contribution < 1.29 is 4.39 Å². The average molecular weight is 245 g/mol. The fourth-order valence-electron chi connectivity index (χ4n) is 1.56. The van der Waals surface area contributed by atoms with Gasteiger partial charge in [-0.25, -0.2) is 4.39 Å². The first-order valence-corrected chi connectivity index (χ1v) is 5.78. The molecule has 4 heteroatoms. The monoisotopic (exact) mass is 244 g/mol. The minimum Gasteiger partial charge on any atom is -0.320 e. The van der Waals surface area contributed by atoms with Crippen molar-refractivity contribution >= 4 is 11.6 Å². The van der Waals surface area contributed by atoms with E-state index in [2.05, 4.69) is 10.2 Å². The molecule has 0 radical (unpaired) electrons. The molecular formula is C12H18ClFN2. The summed E-state index contributed by atoms with van der Waals surface area (Å²) in [5, 5.41) is 3.67. The Morgan fingerprint density at radius 3 is 2.88 bits per heavy atom. The summed E-state index contributed by atoms with van der Waals surface area (Å²) < 4.78 is 13.4. The molecule has 90 valence electrons. The first kappa shape index (κ1) is 13.4. The zero-order chi connectivity index (χ0) is 12.0. The van der Waals surface area contributed by atoms with Crippen LogP contribution in [0.5, 0.6) is 0 Å². The summed E-state index contributed by atoms with van der Waals surface area (Å²) in [6.07, 6.45) is 1.05. The van der Waals surface area contributed by atoms with Crippen LogP contribution < -0.4 is 5.32 Å². The van der Waals surface area contributed by atoms with Crippen molar-refractivity contribution in [3.63, 3.8) is 0 Å². The van der Waals surface area contributed by atoms with Gasteiger partial charge in [-0.3, -0.25) is 0 Å². The number of nitrogens with one attached hydrogen (secondary N) is 1. The minimum absolute atomic E-state index is 0.190. The van der Waals surface area contributed by atoms with Crippen molar-refractivity contribution in [1.82, 2.24) is 10.2 Å². The van der Waals surface area contributed by atoms with Crippen molar-refractivity contribution in [1.29, 1.82) is 0 Å². The minimum atomic E-state index is -0.190. The predicted octanol–water partition coefficient (Wildman–Crippen LogP) is 2.52. The maximum Gasteiger partial charge on any atom is 0.127 e. The van der Waals surface area contributed by atoms with Crippen molar-refractivity contribution in [3.8, 4) is 0 Å². The van der Waals surface area contributed by atoms with Gasteiger partial charge in [-0.1, -0.05) is 11.6 Å². The van der Waals surface area contributed by atoms with Crippen LogP contribution in [0, 0.1) is 5.82 Å². The van der Waals surface area contributed by atoms with Crippen LogP contribution in [-0.4, -0.2) is 32.1 Å². The highest BCUT2D eigenvalue weighted by atomic mass is 35.5. The van der Waals surface area contributed by atoms with Crippen molar-refractivity contribution in [2.45, 2.75) is 13.0 Å². The molecule has 0 amide bonds. The molecular weight excluding hydrogens is 227 g/mol. The Hall–Kier alpha value is -0.640. The van der Waals surface area contributed by atoms with Gasteiger partial charge < -0.3 is 10.2 Å². The van der Waals surface area contributed by atoms with Gasteiger partial charge in [0.1, 0.15) is 5.82 Å². The van der Waals surface area contributed by atoms with E-state index in [9.17, 15) is 4.39 Å². The van der Waals surface area contributed by atoms with E-state index in [0.29, 0.717) is 17.1 Å².